The van der Waals surface area contributed by atoms with Gasteiger partial charge in [0.1, 0.15) is 23.7 Å². The van der Waals surface area contributed by atoms with E-state index in [1.54, 1.807) is 20.9 Å². The number of nitrogens with two attached hydrogens (primary N) is 1. The molecule has 0 spiro atoms. The first-order valence-corrected chi connectivity index (χ1v) is 13.0. The number of rotatable bonds is 11. The topological polar surface area (TPSA) is 238 Å². The van der Waals surface area contributed by atoms with Gasteiger partial charge in [-0.3, -0.25) is 34.9 Å². The smallest absolute Gasteiger partial charge is 0.413 e. The average Bonchev–Trinajstić information content (AvgIpc) is 3.64. The van der Waals surface area contributed by atoms with Gasteiger partial charge < -0.3 is 31.4 Å². The number of amidine groups is 1. The van der Waals surface area contributed by atoms with E-state index in [1.807, 2.05) is 30.3 Å². The molecule has 224 valence electrons. The number of benzene rings is 1. The lowest BCUT2D eigenvalue weighted by atomic mass is 10.2. The number of amides is 4. The lowest BCUT2D eigenvalue weighted by Crippen LogP contribution is -2.28. The first kappa shape index (κ1) is 30.0. The van der Waals surface area contributed by atoms with Crippen LogP contribution in [0.25, 0.3) is 0 Å². The summed E-state index contributed by atoms with van der Waals surface area (Å²) in [6.07, 6.45) is 0.943. The van der Waals surface area contributed by atoms with Crippen LogP contribution in [0.15, 0.2) is 42.6 Å². The molecule has 0 radical (unpaired) electrons. The Morgan fingerprint density at radius 1 is 1.00 bits per heavy atom. The lowest BCUT2D eigenvalue weighted by Gasteiger charge is -2.06. The van der Waals surface area contributed by atoms with Crippen LogP contribution in [0.1, 0.15) is 54.6 Å². The number of nitrogens with zero attached hydrogens (tertiary/aromatic N) is 3. The second-order valence-corrected chi connectivity index (χ2v) is 9.44. The maximum Gasteiger partial charge on any atom is 0.413 e. The van der Waals surface area contributed by atoms with E-state index in [1.165, 1.54) is 16.9 Å². The Balaban J connectivity index is 1.35. The van der Waals surface area contributed by atoms with Gasteiger partial charge in [-0.1, -0.05) is 30.3 Å². The lowest BCUT2D eigenvalue weighted by molar-refractivity contribution is 0.0947. The highest BCUT2D eigenvalue weighted by atomic mass is 16.5. The summed E-state index contributed by atoms with van der Waals surface area (Å²) in [6, 6.07) is 10.6. The quantitative estimate of drug-likeness (QED) is 0.0952. The van der Waals surface area contributed by atoms with Crippen LogP contribution in [0, 0.1) is 19.3 Å². The molecule has 16 nitrogen and oxygen atoms in total. The maximum atomic E-state index is 13.0. The molecule has 4 rings (SSSR count). The molecule has 3 heterocycles. The number of nitrogens with one attached hydrogen (secondary N) is 7. The average molecular weight is 590 g/mol. The molecule has 0 aliphatic carbocycles. The van der Waals surface area contributed by atoms with Crippen molar-refractivity contribution >= 4 is 47.0 Å². The Labute approximate surface area is 245 Å². The highest BCUT2D eigenvalue weighted by Crippen LogP contribution is 2.22. The summed E-state index contributed by atoms with van der Waals surface area (Å²) in [5.41, 5.74) is 7.79. The number of ether oxygens (including phenoxy) is 1. The Kier molecular flexibility index (Phi) is 9.19. The van der Waals surface area contributed by atoms with Gasteiger partial charge in [0.25, 0.3) is 17.7 Å². The first-order valence-electron chi connectivity index (χ1n) is 13.0. The predicted octanol–water partition coefficient (Wildman–Crippen LogP) is 2.40. The Morgan fingerprint density at radius 3 is 2.47 bits per heavy atom. The molecule has 0 saturated heterocycles. The summed E-state index contributed by atoms with van der Waals surface area (Å²) in [5.74, 6) is -1.30. The Bertz CT molecular complexity index is 1670. The Hall–Kier alpha value is -5.93. The number of hydrogen-bond donors (Lipinski definition) is 8. The second kappa shape index (κ2) is 13.2. The fourth-order valence-corrected chi connectivity index (χ4v) is 3.96. The van der Waals surface area contributed by atoms with E-state index in [-0.39, 0.29) is 54.1 Å². The van der Waals surface area contributed by atoms with Crippen molar-refractivity contribution in [3.63, 3.8) is 0 Å². The summed E-state index contributed by atoms with van der Waals surface area (Å²) in [5, 5.41) is 28.4. The minimum absolute atomic E-state index is 0.0507. The summed E-state index contributed by atoms with van der Waals surface area (Å²) >= 11 is 0. The van der Waals surface area contributed by atoms with Gasteiger partial charge >= 0.3 is 6.09 Å². The molecule has 0 unspecified atom stereocenters. The normalized spacial score (nSPS) is 10.6. The minimum Gasteiger partial charge on any atom is -0.444 e. The number of H-pyrrole nitrogens is 2. The van der Waals surface area contributed by atoms with Gasteiger partial charge in [0.15, 0.2) is 11.6 Å². The number of hydrogen-bond acceptors (Lipinski definition) is 8. The van der Waals surface area contributed by atoms with Crippen LogP contribution < -0.4 is 27.0 Å². The number of carbonyl (C=O) groups is 4. The minimum atomic E-state index is -0.723. The molecule has 4 amide bonds. The number of aromatic nitrogens is 5. The van der Waals surface area contributed by atoms with E-state index in [9.17, 15) is 19.2 Å². The van der Waals surface area contributed by atoms with Gasteiger partial charge in [0, 0.05) is 43.4 Å². The monoisotopic (exact) mass is 589 g/mol. The number of aryl methyl sites for hydroxylation is 1. The van der Waals surface area contributed by atoms with Crippen LogP contribution in [0.5, 0.6) is 0 Å². The molecular weight excluding hydrogens is 558 g/mol. The molecule has 3 aromatic heterocycles. The molecule has 0 aliphatic rings. The van der Waals surface area contributed by atoms with Crippen molar-refractivity contribution in [3.05, 3.63) is 76.4 Å². The molecule has 0 saturated carbocycles. The molecule has 43 heavy (non-hydrogen) atoms. The van der Waals surface area contributed by atoms with Crippen LogP contribution in [0.2, 0.25) is 0 Å². The van der Waals surface area contributed by atoms with Crippen molar-refractivity contribution in [2.45, 2.75) is 26.9 Å². The van der Waals surface area contributed by atoms with Gasteiger partial charge in [0.2, 0.25) is 0 Å². The number of carbonyl (C=O) groups excluding carboxylic acids is 4. The van der Waals surface area contributed by atoms with Crippen molar-refractivity contribution in [1.29, 1.82) is 5.41 Å². The third-order valence-corrected chi connectivity index (χ3v) is 6.32. The predicted molar refractivity (Wildman–Crippen MR) is 157 cm³/mol. The van der Waals surface area contributed by atoms with Crippen LogP contribution >= 0.6 is 0 Å². The summed E-state index contributed by atoms with van der Waals surface area (Å²) < 4.78 is 6.48. The van der Waals surface area contributed by atoms with E-state index in [0.717, 1.165) is 5.56 Å². The summed E-state index contributed by atoms with van der Waals surface area (Å²) in [4.78, 5) is 53.3. The maximum absolute atomic E-state index is 13.0. The van der Waals surface area contributed by atoms with Gasteiger partial charge in [0.05, 0.1) is 11.5 Å². The van der Waals surface area contributed by atoms with Crippen molar-refractivity contribution in [3.8, 4) is 0 Å². The van der Waals surface area contributed by atoms with Crippen LogP contribution in [0.3, 0.4) is 0 Å². The van der Waals surface area contributed by atoms with E-state index in [0.29, 0.717) is 16.8 Å². The zero-order valence-electron chi connectivity index (χ0n) is 23.6. The van der Waals surface area contributed by atoms with Crippen LogP contribution in [-0.2, 0) is 18.4 Å². The van der Waals surface area contributed by atoms with Crippen LogP contribution in [0.4, 0.5) is 22.1 Å². The Morgan fingerprint density at radius 2 is 1.74 bits per heavy atom. The molecule has 1 aromatic carbocycles. The van der Waals surface area contributed by atoms with Gasteiger partial charge in [-0.15, -0.1) is 0 Å². The standard InChI is InChI=1S/C27H31N11O5/c1-14-17(12-31-21(14)26(41)34-23-15(2)22(35-36-23)25(40)30-10-9-19(28)29)32-24(39)18-11-20(37-38(18)3)33-27(42)43-13-16-7-5-4-6-8-16/h4-8,11-12,31H,9-10,13H2,1-3H3,(H3,28,29)(H,30,40)(H,32,39)(H,33,37,42)(H2,34,35,36,41). The van der Waals surface area contributed by atoms with E-state index in [4.69, 9.17) is 15.9 Å². The van der Waals surface area contributed by atoms with Gasteiger partial charge in [-0.05, 0) is 19.4 Å². The zero-order valence-corrected chi connectivity index (χ0v) is 23.6. The molecule has 4 aromatic rings. The molecule has 0 aliphatic heterocycles. The highest BCUT2D eigenvalue weighted by Gasteiger charge is 2.22. The molecular formula is C27H31N11O5. The fraction of sp³-hybridized carbons (Fsp3) is 0.222. The zero-order chi connectivity index (χ0) is 31.1. The molecule has 0 fully saturated rings. The molecule has 0 atom stereocenters. The first-order chi connectivity index (χ1) is 20.5. The van der Waals surface area contributed by atoms with Gasteiger partial charge in [-0.2, -0.15) is 10.2 Å². The van der Waals surface area contributed by atoms with Crippen molar-refractivity contribution in [2.75, 3.05) is 22.5 Å². The number of aromatic amines is 2. The van der Waals surface area contributed by atoms with E-state index in [2.05, 4.69) is 41.5 Å². The highest BCUT2D eigenvalue weighted by molar-refractivity contribution is 6.08. The molecule has 9 N–H and O–H groups in total. The van der Waals surface area contributed by atoms with Gasteiger partial charge in [-0.25, -0.2) is 4.79 Å². The largest absolute Gasteiger partial charge is 0.444 e. The van der Waals surface area contributed by atoms with Crippen molar-refractivity contribution < 1.29 is 23.9 Å². The van der Waals surface area contributed by atoms with Crippen molar-refractivity contribution in [1.82, 2.24) is 30.3 Å². The third kappa shape index (κ3) is 7.43. The summed E-state index contributed by atoms with van der Waals surface area (Å²) in [7, 11) is 1.54. The SMILES string of the molecule is Cc1c(NC(=O)c2cc(NC(=O)OCc3ccccc3)nn2C)c[nH]c1C(=O)Nc1n[nH]c(C(=O)NCCC(=N)N)c1C. The summed E-state index contributed by atoms with van der Waals surface area (Å²) in [6.45, 7) is 3.52. The fourth-order valence-electron chi connectivity index (χ4n) is 3.96. The van der Waals surface area contributed by atoms with E-state index >= 15 is 0 Å². The molecule has 0 bridgehead atoms. The van der Waals surface area contributed by atoms with Crippen molar-refractivity contribution in [2.24, 2.45) is 12.8 Å². The third-order valence-electron chi connectivity index (χ3n) is 6.32. The van der Waals surface area contributed by atoms with Crippen LogP contribution in [-0.4, -0.2) is 61.2 Å². The molecule has 16 heteroatoms. The van der Waals surface area contributed by atoms with E-state index < -0.39 is 23.8 Å². The number of anilines is 3. The second-order valence-electron chi connectivity index (χ2n) is 9.44.